The van der Waals surface area contributed by atoms with Crippen LogP contribution in [0.25, 0.3) is 0 Å². The molecule has 5 heteroatoms. The maximum atomic E-state index is 6.20. The molecule has 1 aromatic heterocycles. The van der Waals surface area contributed by atoms with Crippen molar-refractivity contribution in [2.24, 2.45) is 0 Å². The molecule has 1 aromatic carbocycles. The average molecular weight is 298 g/mol. The molecule has 3 nitrogen and oxygen atoms in total. The summed E-state index contributed by atoms with van der Waals surface area (Å²) >= 11 is 12.1. The fourth-order valence-electron chi connectivity index (χ4n) is 2.05. The quantitative estimate of drug-likeness (QED) is 0.888. The van der Waals surface area contributed by atoms with Crippen LogP contribution in [0.4, 0.5) is 0 Å². The van der Waals surface area contributed by atoms with E-state index in [4.69, 9.17) is 23.2 Å². The highest BCUT2D eigenvalue weighted by atomic mass is 35.5. The van der Waals surface area contributed by atoms with Crippen molar-refractivity contribution in [2.75, 3.05) is 0 Å². The molecule has 2 rings (SSSR count). The van der Waals surface area contributed by atoms with Crippen molar-refractivity contribution in [1.29, 1.82) is 0 Å². The zero-order chi connectivity index (χ0) is 14.0. The number of aromatic amines is 1. The number of rotatable bonds is 4. The number of nitrogens with one attached hydrogen (secondary N) is 2. The first kappa shape index (κ1) is 14.4. The van der Waals surface area contributed by atoms with Crippen LogP contribution in [0.3, 0.4) is 0 Å². The normalized spacial score (nSPS) is 12.7. The molecule has 102 valence electrons. The molecule has 2 N–H and O–H groups in total. The summed E-state index contributed by atoms with van der Waals surface area (Å²) in [6.45, 7) is 6.87. The maximum Gasteiger partial charge on any atom is 0.0638 e. The highest BCUT2D eigenvalue weighted by molar-refractivity contribution is 6.35. The minimum absolute atomic E-state index is 0.151. The van der Waals surface area contributed by atoms with Crippen LogP contribution in [0.15, 0.2) is 18.2 Å². The molecular formula is C14H17Cl2N3. The van der Waals surface area contributed by atoms with Crippen LogP contribution in [-0.4, -0.2) is 10.2 Å². The Morgan fingerprint density at radius 3 is 2.63 bits per heavy atom. The number of halogens is 2. The molecule has 0 saturated carbocycles. The molecule has 0 aliphatic carbocycles. The van der Waals surface area contributed by atoms with Crippen molar-refractivity contribution < 1.29 is 0 Å². The van der Waals surface area contributed by atoms with Gasteiger partial charge in [-0.1, -0.05) is 29.3 Å². The molecule has 0 radical (unpaired) electrons. The van der Waals surface area contributed by atoms with Crippen molar-refractivity contribution in [2.45, 2.75) is 33.4 Å². The number of H-pyrrole nitrogens is 1. The Kier molecular flexibility index (Phi) is 4.50. The lowest BCUT2D eigenvalue weighted by Crippen LogP contribution is -2.19. The van der Waals surface area contributed by atoms with E-state index in [0.717, 1.165) is 23.5 Å². The van der Waals surface area contributed by atoms with Crippen molar-refractivity contribution >= 4 is 23.2 Å². The molecule has 0 aliphatic rings. The van der Waals surface area contributed by atoms with Gasteiger partial charge >= 0.3 is 0 Å². The Bertz CT molecular complexity index is 559. The molecular weight excluding hydrogens is 281 g/mol. The van der Waals surface area contributed by atoms with Gasteiger partial charge < -0.3 is 5.32 Å². The van der Waals surface area contributed by atoms with Crippen LogP contribution in [0.5, 0.6) is 0 Å². The number of nitrogens with zero attached hydrogens (tertiary/aromatic N) is 1. The summed E-state index contributed by atoms with van der Waals surface area (Å²) < 4.78 is 0. The fraction of sp³-hybridized carbons (Fsp3) is 0.357. The van der Waals surface area contributed by atoms with Crippen molar-refractivity contribution in [3.63, 3.8) is 0 Å². The van der Waals surface area contributed by atoms with Crippen LogP contribution in [0.2, 0.25) is 10.0 Å². The van der Waals surface area contributed by atoms with Gasteiger partial charge in [0.15, 0.2) is 0 Å². The van der Waals surface area contributed by atoms with Gasteiger partial charge in [0.25, 0.3) is 0 Å². The van der Waals surface area contributed by atoms with Gasteiger partial charge in [-0.05, 0) is 38.5 Å². The van der Waals surface area contributed by atoms with Crippen molar-refractivity contribution in [1.82, 2.24) is 15.5 Å². The minimum atomic E-state index is 0.151. The van der Waals surface area contributed by atoms with Gasteiger partial charge in [0.1, 0.15) is 0 Å². The van der Waals surface area contributed by atoms with E-state index in [9.17, 15) is 0 Å². The summed E-state index contributed by atoms with van der Waals surface area (Å²) in [5, 5.41) is 12.0. The Morgan fingerprint density at radius 1 is 1.32 bits per heavy atom. The summed E-state index contributed by atoms with van der Waals surface area (Å²) in [4.78, 5) is 0. The number of hydrogen-bond donors (Lipinski definition) is 2. The van der Waals surface area contributed by atoms with E-state index in [2.05, 4.69) is 22.4 Å². The van der Waals surface area contributed by atoms with E-state index in [1.54, 1.807) is 6.07 Å². The van der Waals surface area contributed by atoms with Crippen LogP contribution in [-0.2, 0) is 6.54 Å². The molecule has 0 spiro atoms. The number of hydrogen-bond acceptors (Lipinski definition) is 2. The smallest absolute Gasteiger partial charge is 0.0638 e. The Labute approximate surface area is 123 Å². The van der Waals surface area contributed by atoms with Gasteiger partial charge in [-0.15, -0.1) is 0 Å². The van der Waals surface area contributed by atoms with Crippen LogP contribution >= 0.6 is 23.2 Å². The lowest BCUT2D eigenvalue weighted by Gasteiger charge is -2.16. The predicted molar refractivity (Wildman–Crippen MR) is 79.8 cm³/mol. The Hall–Kier alpha value is -1.03. The van der Waals surface area contributed by atoms with Gasteiger partial charge in [0.05, 0.1) is 5.69 Å². The topological polar surface area (TPSA) is 40.7 Å². The fourth-order valence-corrected chi connectivity index (χ4v) is 2.62. The lowest BCUT2D eigenvalue weighted by atomic mass is 10.1. The van der Waals surface area contributed by atoms with Gasteiger partial charge in [0, 0.05) is 33.9 Å². The van der Waals surface area contributed by atoms with Crippen LogP contribution < -0.4 is 5.32 Å². The summed E-state index contributed by atoms with van der Waals surface area (Å²) in [6.07, 6.45) is 0. The SMILES string of the molecule is Cc1n[nH]c(C)c1CNC(C)c1ccc(Cl)cc1Cl. The largest absolute Gasteiger partial charge is 0.306 e. The molecule has 1 unspecified atom stereocenters. The third-order valence-corrected chi connectivity index (χ3v) is 3.86. The van der Waals surface area contributed by atoms with E-state index >= 15 is 0 Å². The minimum Gasteiger partial charge on any atom is -0.306 e. The predicted octanol–water partition coefficient (Wildman–Crippen LogP) is 4.18. The molecule has 0 aliphatic heterocycles. The van der Waals surface area contributed by atoms with Gasteiger partial charge in [0.2, 0.25) is 0 Å². The number of aromatic nitrogens is 2. The van der Waals surface area contributed by atoms with E-state index in [1.807, 2.05) is 26.0 Å². The summed E-state index contributed by atoms with van der Waals surface area (Å²) in [5.74, 6) is 0. The summed E-state index contributed by atoms with van der Waals surface area (Å²) in [5.41, 5.74) is 4.38. The first-order valence-electron chi connectivity index (χ1n) is 6.18. The highest BCUT2D eigenvalue weighted by Crippen LogP contribution is 2.26. The Morgan fingerprint density at radius 2 is 2.05 bits per heavy atom. The van der Waals surface area contributed by atoms with E-state index < -0.39 is 0 Å². The van der Waals surface area contributed by atoms with Crippen molar-refractivity contribution in [3.05, 3.63) is 50.8 Å². The summed E-state index contributed by atoms with van der Waals surface area (Å²) in [6, 6.07) is 5.73. The van der Waals surface area contributed by atoms with Crippen LogP contribution in [0, 0.1) is 13.8 Å². The van der Waals surface area contributed by atoms with Gasteiger partial charge in [-0.3, -0.25) is 5.10 Å². The maximum absolute atomic E-state index is 6.20. The van der Waals surface area contributed by atoms with E-state index in [0.29, 0.717) is 10.0 Å². The second-order valence-corrected chi connectivity index (χ2v) is 5.52. The second kappa shape index (κ2) is 5.95. The standard InChI is InChI=1S/C14H17Cl2N3/c1-8(12-5-4-11(15)6-14(12)16)17-7-13-9(2)18-19-10(13)3/h4-6,8,17H,7H2,1-3H3,(H,18,19). The molecule has 0 fully saturated rings. The molecule has 2 aromatic rings. The van der Waals surface area contributed by atoms with Crippen LogP contribution in [0.1, 0.15) is 35.5 Å². The molecule has 0 bridgehead atoms. The van der Waals surface area contributed by atoms with E-state index in [1.165, 1.54) is 5.56 Å². The van der Waals surface area contributed by atoms with Crippen molar-refractivity contribution in [3.8, 4) is 0 Å². The number of benzene rings is 1. The summed E-state index contributed by atoms with van der Waals surface area (Å²) in [7, 11) is 0. The third kappa shape index (κ3) is 3.30. The molecule has 1 heterocycles. The monoisotopic (exact) mass is 297 g/mol. The zero-order valence-corrected chi connectivity index (χ0v) is 12.7. The zero-order valence-electron chi connectivity index (χ0n) is 11.2. The molecule has 0 amide bonds. The lowest BCUT2D eigenvalue weighted by molar-refractivity contribution is 0.572. The Balaban J connectivity index is 2.07. The second-order valence-electron chi connectivity index (χ2n) is 4.68. The van der Waals surface area contributed by atoms with E-state index in [-0.39, 0.29) is 6.04 Å². The average Bonchev–Trinajstić information content (AvgIpc) is 2.66. The number of aryl methyl sites for hydroxylation is 2. The molecule has 0 saturated heterocycles. The van der Waals surface area contributed by atoms with Gasteiger partial charge in [-0.25, -0.2) is 0 Å². The molecule has 19 heavy (non-hydrogen) atoms. The highest BCUT2D eigenvalue weighted by Gasteiger charge is 2.12. The third-order valence-electron chi connectivity index (χ3n) is 3.29. The van der Waals surface area contributed by atoms with Gasteiger partial charge in [-0.2, -0.15) is 5.10 Å². The first-order valence-corrected chi connectivity index (χ1v) is 6.93. The first-order chi connectivity index (χ1) is 8.99. The molecule has 1 atom stereocenters.